The van der Waals surface area contributed by atoms with Crippen LogP contribution in [0.15, 0.2) is 28.7 Å². The Balaban J connectivity index is 2.23. The average Bonchev–Trinajstić information content (AvgIpc) is 2.92. The highest BCUT2D eigenvalue weighted by atomic mass is 16.4. The van der Waals surface area contributed by atoms with Crippen molar-refractivity contribution in [2.75, 3.05) is 5.32 Å². The van der Waals surface area contributed by atoms with Gasteiger partial charge in [0.25, 0.3) is 5.91 Å². The Morgan fingerprint density at radius 2 is 2.00 bits per heavy atom. The summed E-state index contributed by atoms with van der Waals surface area (Å²) in [5.74, 6) is 0.934. The van der Waals surface area contributed by atoms with Gasteiger partial charge in [0.2, 0.25) is 0 Å². The second-order valence-corrected chi connectivity index (χ2v) is 5.03. The molecule has 0 saturated carbocycles. The number of benzene rings is 1. The van der Waals surface area contributed by atoms with E-state index in [1.54, 1.807) is 12.1 Å². The van der Waals surface area contributed by atoms with Crippen molar-refractivity contribution >= 4 is 11.6 Å². The summed E-state index contributed by atoms with van der Waals surface area (Å²) in [7, 11) is 0. The van der Waals surface area contributed by atoms with Gasteiger partial charge in [-0.15, -0.1) is 0 Å². The van der Waals surface area contributed by atoms with Crippen LogP contribution in [0.2, 0.25) is 0 Å². The van der Waals surface area contributed by atoms with Gasteiger partial charge in [0.05, 0.1) is 6.61 Å². The molecule has 0 bridgehead atoms. The molecule has 1 aromatic heterocycles. The van der Waals surface area contributed by atoms with E-state index in [1.165, 1.54) is 0 Å². The molecule has 4 heteroatoms. The highest BCUT2D eigenvalue weighted by Gasteiger charge is 2.15. The lowest BCUT2D eigenvalue weighted by Crippen LogP contribution is -2.12. The maximum atomic E-state index is 12.3. The molecular weight excluding hydrogens is 266 g/mol. The molecule has 2 aromatic rings. The lowest BCUT2D eigenvalue weighted by atomic mass is 10.1. The fraction of sp³-hybridized carbons (Fsp3) is 0.353. The molecule has 1 amide bonds. The van der Waals surface area contributed by atoms with Crippen molar-refractivity contribution < 1.29 is 14.3 Å². The van der Waals surface area contributed by atoms with Crippen molar-refractivity contribution in [2.24, 2.45) is 0 Å². The van der Waals surface area contributed by atoms with Crippen LogP contribution in [0.1, 0.15) is 46.9 Å². The zero-order valence-electron chi connectivity index (χ0n) is 12.7. The predicted octanol–water partition coefficient (Wildman–Crippen LogP) is 3.46. The van der Waals surface area contributed by atoms with Gasteiger partial charge in [-0.25, -0.2) is 0 Å². The number of anilines is 1. The number of hydrogen-bond donors (Lipinski definition) is 2. The van der Waals surface area contributed by atoms with E-state index in [0.717, 1.165) is 35.3 Å². The number of amides is 1. The Morgan fingerprint density at radius 3 is 2.57 bits per heavy atom. The number of aliphatic hydroxyl groups excluding tert-OH is 1. The van der Waals surface area contributed by atoms with E-state index in [1.807, 2.05) is 32.9 Å². The summed E-state index contributed by atoms with van der Waals surface area (Å²) in [5, 5.41) is 12.0. The molecule has 0 atom stereocenters. The number of carbonyl (C=O) groups is 1. The molecular formula is C17H21NO3. The first kappa shape index (κ1) is 15.3. The molecule has 21 heavy (non-hydrogen) atoms. The van der Waals surface area contributed by atoms with Gasteiger partial charge in [-0.05, 0) is 42.2 Å². The van der Waals surface area contributed by atoms with Crippen molar-refractivity contribution in [1.29, 1.82) is 0 Å². The fourth-order valence-corrected chi connectivity index (χ4v) is 2.26. The minimum atomic E-state index is -0.261. The number of carbonyl (C=O) groups excluding carboxylic acids is 1. The molecule has 4 nitrogen and oxygen atoms in total. The maximum Gasteiger partial charge on any atom is 0.291 e. The first-order valence-corrected chi connectivity index (χ1v) is 7.22. The van der Waals surface area contributed by atoms with Crippen molar-refractivity contribution in [3.63, 3.8) is 0 Å². The highest BCUT2D eigenvalue weighted by Crippen LogP contribution is 2.21. The summed E-state index contributed by atoms with van der Waals surface area (Å²) in [6, 6.07) is 7.29. The monoisotopic (exact) mass is 287 g/mol. The zero-order valence-corrected chi connectivity index (χ0v) is 12.7. The quantitative estimate of drug-likeness (QED) is 0.885. The summed E-state index contributed by atoms with van der Waals surface area (Å²) in [6.45, 7) is 5.91. The normalized spacial score (nSPS) is 10.7. The molecule has 112 valence electrons. The lowest BCUT2D eigenvalue weighted by molar-refractivity contribution is 0.0995. The molecule has 0 saturated heterocycles. The Labute approximate surface area is 124 Å². The van der Waals surface area contributed by atoms with Crippen molar-refractivity contribution in [3.8, 4) is 0 Å². The van der Waals surface area contributed by atoms with Crippen LogP contribution in [0.5, 0.6) is 0 Å². The number of nitrogens with one attached hydrogen (secondary N) is 1. The fourth-order valence-electron chi connectivity index (χ4n) is 2.26. The van der Waals surface area contributed by atoms with Crippen molar-refractivity contribution in [2.45, 2.75) is 40.2 Å². The molecule has 0 unspecified atom stereocenters. The smallest absolute Gasteiger partial charge is 0.291 e. The number of hydrogen-bond acceptors (Lipinski definition) is 3. The molecule has 1 heterocycles. The van der Waals surface area contributed by atoms with Crippen LogP contribution in [0.25, 0.3) is 0 Å². The predicted molar refractivity (Wildman–Crippen MR) is 82.5 cm³/mol. The van der Waals surface area contributed by atoms with Crippen LogP contribution in [0, 0.1) is 6.92 Å². The number of furan rings is 1. The highest BCUT2D eigenvalue weighted by molar-refractivity contribution is 6.02. The molecule has 0 aliphatic heterocycles. The van der Waals surface area contributed by atoms with Gasteiger partial charge in [0.15, 0.2) is 5.76 Å². The molecule has 2 rings (SSSR count). The van der Waals surface area contributed by atoms with Gasteiger partial charge in [-0.1, -0.05) is 26.0 Å². The topological polar surface area (TPSA) is 62.5 Å². The molecule has 1 aromatic carbocycles. The van der Waals surface area contributed by atoms with E-state index in [4.69, 9.17) is 4.42 Å². The summed E-state index contributed by atoms with van der Waals surface area (Å²) in [6.07, 6.45) is 1.62. The lowest BCUT2D eigenvalue weighted by Gasteiger charge is -2.08. The van der Waals surface area contributed by atoms with E-state index in [-0.39, 0.29) is 12.5 Å². The summed E-state index contributed by atoms with van der Waals surface area (Å²) in [5.41, 5.74) is 3.47. The average molecular weight is 287 g/mol. The van der Waals surface area contributed by atoms with E-state index >= 15 is 0 Å². The van der Waals surface area contributed by atoms with Gasteiger partial charge in [-0.3, -0.25) is 4.79 Å². The van der Waals surface area contributed by atoms with E-state index in [2.05, 4.69) is 5.32 Å². The maximum absolute atomic E-state index is 12.3. The van der Waals surface area contributed by atoms with Gasteiger partial charge in [0.1, 0.15) is 5.76 Å². The Hall–Kier alpha value is -2.07. The SMILES string of the molecule is CCc1cc(C(=O)Nc2cc(CO)ccc2C)oc1CC. The van der Waals surface area contributed by atoms with Crippen LogP contribution >= 0.6 is 0 Å². The van der Waals surface area contributed by atoms with Gasteiger partial charge in [0, 0.05) is 12.1 Å². The first-order chi connectivity index (χ1) is 10.1. The van der Waals surface area contributed by atoms with Crippen molar-refractivity contribution in [1.82, 2.24) is 0 Å². The third-order valence-corrected chi connectivity index (χ3v) is 3.56. The molecule has 0 aliphatic rings. The van der Waals surface area contributed by atoms with Gasteiger partial charge in [-0.2, -0.15) is 0 Å². The Morgan fingerprint density at radius 1 is 1.24 bits per heavy atom. The van der Waals surface area contributed by atoms with Crippen LogP contribution in [-0.2, 0) is 19.4 Å². The van der Waals surface area contributed by atoms with E-state index in [9.17, 15) is 9.90 Å². The second kappa shape index (κ2) is 6.59. The largest absolute Gasteiger partial charge is 0.456 e. The zero-order chi connectivity index (χ0) is 15.4. The summed E-state index contributed by atoms with van der Waals surface area (Å²) < 4.78 is 5.62. The number of aryl methyl sites for hydroxylation is 3. The summed E-state index contributed by atoms with van der Waals surface area (Å²) in [4.78, 5) is 12.3. The van der Waals surface area contributed by atoms with Gasteiger partial charge < -0.3 is 14.8 Å². The minimum absolute atomic E-state index is 0.0517. The Bertz CT molecular complexity index is 622. The number of aliphatic hydroxyl groups is 1. The van der Waals surface area contributed by atoms with Crippen molar-refractivity contribution in [3.05, 3.63) is 52.5 Å². The Kier molecular flexibility index (Phi) is 4.81. The van der Waals surface area contributed by atoms with Crippen LogP contribution < -0.4 is 5.32 Å². The molecule has 0 aliphatic carbocycles. The molecule has 0 fully saturated rings. The van der Waals surface area contributed by atoms with Crippen LogP contribution in [0.4, 0.5) is 5.69 Å². The second-order valence-electron chi connectivity index (χ2n) is 5.03. The van der Waals surface area contributed by atoms with Crippen LogP contribution in [0.3, 0.4) is 0 Å². The van der Waals surface area contributed by atoms with Crippen LogP contribution in [-0.4, -0.2) is 11.0 Å². The van der Waals surface area contributed by atoms with E-state index in [0.29, 0.717) is 11.4 Å². The minimum Gasteiger partial charge on any atom is -0.456 e. The third kappa shape index (κ3) is 3.34. The molecule has 0 spiro atoms. The molecule has 2 N–H and O–H groups in total. The standard InChI is InChI=1S/C17H21NO3/c1-4-13-9-16(21-15(13)5-2)17(20)18-14-8-12(10-19)7-6-11(14)3/h6-9,19H,4-5,10H2,1-3H3,(H,18,20). The van der Waals surface area contributed by atoms with E-state index < -0.39 is 0 Å². The third-order valence-electron chi connectivity index (χ3n) is 3.56. The molecule has 0 radical (unpaired) electrons. The number of rotatable bonds is 5. The summed E-state index contributed by atoms with van der Waals surface area (Å²) >= 11 is 0. The van der Waals surface area contributed by atoms with Gasteiger partial charge >= 0.3 is 0 Å². The first-order valence-electron chi connectivity index (χ1n) is 7.22.